The SMILES string of the molecule is Cc1cncc(C(NN)C2C3C4CCC(C4)C32)c1. The van der Waals surface area contributed by atoms with E-state index in [1.54, 1.807) is 0 Å². The zero-order valence-electron chi connectivity index (χ0n) is 10.8. The Morgan fingerprint density at radius 1 is 1.28 bits per heavy atom. The minimum absolute atomic E-state index is 0.316. The molecule has 1 aromatic rings. The second-order valence-electron chi connectivity index (χ2n) is 6.51. The molecule has 3 heteroatoms. The highest BCUT2D eigenvalue weighted by molar-refractivity contribution is 5.26. The maximum atomic E-state index is 5.83. The molecule has 5 atom stereocenters. The number of aromatic nitrogens is 1. The molecule has 4 rings (SSSR count). The number of aryl methyl sites for hydroxylation is 1. The molecular formula is C15H21N3. The number of pyridine rings is 1. The van der Waals surface area contributed by atoms with E-state index in [-0.39, 0.29) is 0 Å². The van der Waals surface area contributed by atoms with Gasteiger partial charge in [0.2, 0.25) is 0 Å². The lowest BCUT2D eigenvalue weighted by Gasteiger charge is -2.20. The van der Waals surface area contributed by atoms with Crippen LogP contribution in [0.3, 0.4) is 0 Å². The largest absolute Gasteiger partial charge is 0.271 e. The second-order valence-corrected chi connectivity index (χ2v) is 6.51. The molecule has 2 bridgehead atoms. The van der Waals surface area contributed by atoms with E-state index in [0.717, 1.165) is 29.6 Å². The topological polar surface area (TPSA) is 50.9 Å². The third-order valence-electron chi connectivity index (χ3n) is 5.61. The van der Waals surface area contributed by atoms with Gasteiger partial charge in [-0.25, -0.2) is 0 Å². The molecule has 3 aliphatic carbocycles. The van der Waals surface area contributed by atoms with E-state index in [1.807, 2.05) is 12.4 Å². The average molecular weight is 243 g/mol. The fourth-order valence-corrected chi connectivity index (χ4v) is 5.02. The van der Waals surface area contributed by atoms with Crippen molar-refractivity contribution in [3.05, 3.63) is 29.6 Å². The summed E-state index contributed by atoms with van der Waals surface area (Å²) < 4.78 is 0. The van der Waals surface area contributed by atoms with Crippen LogP contribution in [0.4, 0.5) is 0 Å². The number of nitrogens with one attached hydrogen (secondary N) is 1. The predicted molar refractivity (Wildman–Crippen MR) is 70.3 cm³/mol. The Kier molecular flexibility index (Phi) is 2.30. The number of hydrazine groups is 1. The first-order valence-corrected chi connectivity index (χ1v) is 7.17. The van der Waals surface area contributed by atoms with Crippen LogP contribution >= 0.6 is 0 Å². The van der Waals surface area contributed by atoms with Gasteiger partial charge in [0.25, 0.3) is 0 Å². The Morgan fingerprint density at radius 3 is 2.61 bits per heavy atom. The van der Waals surface area contributed by atoms with Gasteiger partial charge in [-0.1, -0.05) is 6.07 Å². The van der Waals surface area contributed by atoms with Crippen molar-refractivity contribution < 1.29 is 0 Å². The van der Waals surface area contributed by atoms with Gasteiger partial charge in [0, 0.05) is 12.4 Å². The van der Waals surface area contributed by atoms with E-state index in [0.29, 0.717) is 6.04 Å². The first-order valence-electron chi connectivity index (χ1n) is 7.17. The first-order chi connectivity index (χ1) is 8.79. The van der Waals surface area contributed by atoms with Crippen molar-refractivity contribution in [2.45, 2.75) is 32.2 Å². The maximum absolute atomic E-state index is 5.83. The van der Waals surface area contributed by atoms with E-state index >= 15 is 0 Å². The molecule has 0 spiro atoms. The Hall–Kier alpha value is -0.930. The van der Waals surface area contributed by atoms with Crippen molar-refractivity contribution in [1.29, 1.82) is 0 Å². The number of hydrogen-bond acceptors (Lipinski definition) is 3. The molecule has 0 saturated heterocycles. The lowest BCUT2D eigenvalue weighted by Crippen LogP contribution is -2.31. The Morgan fingerprint density at radius 2 is 2.00 bits per heavy atom. The predicted octanol–water partition coefficient (Wildman–Crippen LogP) is 2.19. The summed E-state index contributed by atoms with van der Waals surface area (Å²) in [5, 5.41) is 0. The third-order valence-corrected chi connectivity index (χ3v) is 5.61. The molecule has 3 fully saturated rings. The minimum atomic E-state index is 0.316. The van der Waals surface area contributed by atoms with Crippen LogP contribution in [-0.4, -0.2) is 4.98 Å². The van der Waals surface area contributed by atoms with Crippen LogP contribution in [0, 0.1) is 36.5 Å². The van der Waals surface area contributed by atoms with Crippen molar-refractivity contribution in [3.8, 4) is 0 Å². The van der Waals surface area contributed by atoms with Gasteiger partial charge >= 0.3 is 0 Å². The second kappa shape index (κ2) is 3.78. The Balaban J connectivity index is 1.60. The highest BCUT2D eigenvalue weighted by Crippen LogP contribution is 2.72. The zero-order valence-corrected chi connectivity index (χ0v) is 10.8. The van der Waals surface area contributed by atoms with Crippen molar-refractivity contribution in [3.63, 3.8) is 0 Å². The van der Waals surface area contributed by atoms with Crippen LogP contribution in [-0.2, 0) is 0 Å². The number of nitrogens with zero attached hydrogens (tertiary/aromatic N) is 1. The van der Waals surface area contributed by atoms with E-state index in [1.165, 1.54) is 30.4 Å². The smallest absolute Gasteiger partial charge is 0.0509 e. The summed E-state index contributed by atoms with van der Waals surface area (Å²) >= 11 is 0. The number of fused-ring (bicyclic) bond motifs is 5. The first kappa shape index (κ1) is 10.9. The van der Waals surface area contributed by atoms with Crippen molar-refractivity contribution in [2.75, 3.05) is 0 Å². The monoisotopic (exact) mass is 243 g/mol. The summed E-state index contributed by atoms with van der Waals surface area (Å²) in [6.07, 6.45) is 8.31. The summed E-state index contributed by atoms with van der Waals surface area (Å²) in [5.41, 5.74) is 5.56. The van der Waals surface area contributed by atoms with E-state index in [2.05, 4.69) is 23.4 Å². The molecule has 0 aromatic carbocycles. The van der Waals surface area contributed by atoms with Gasteiger partial charge in [0.1, 0.15) is 0 Å². The van der Waals surface area contributed by atoms with Crippen LogP contribution in [0.2, 0.25) is 0 Å². The lowest BCUT2D eigenvalue weighted by molar-refractivity contribution is 0.373. The molecule has 3 aliphatic rings. The number of rotatable bonds is 3. The van der Waals surface area contributed by atoms with Crippen LogP contribution in [0.25, 0.3) is 0 Å². The summed E-state index contributed by atoms with van der Waals surface area (Å²) in [6.45, 7) is 2.10. The Bertz CT molecular complexity index is 457. The summed E-state index contributed by atoms with van der Waals surface area (Å²) in [5.74, 6) is 10.5. The molecule has 5 unspecified atom stereocenters. The summed E-state index contributed by atoms with van der Waals surface area (Å²) in [7, 11) is 0. The highest BCUT2D eigenvalue weighted by Gasteiger charge is 2.66. The van der Waals surface area contributed by atoms with Crippen molar-refractivity contribution in [2.24, 2.45) is 35.4 Å². The van der Waals surface area contributed by atoms with Gasteiger partial charge in [-0.05, 0) is 66.9 Å². The van der Waals surface area contributed by atoms with Crippen molar-refractivity contribution >= 4 is 0 Å². The van der Waals surface area contributed by atoms with E-state index < -0.39 is 0 Å². The Labute approximate surface area is 108 Å². The zero-order chi connectivity index (χ0) is 12.3. The molecule has 1 aromatic heterocycles. The molecule has 0 aliphatic heterocycles. The lowest BCUT2D eigenvalue weighted by atomic mass is 9.94. The van der Waals surface area contributed by atoms with Gasteiger partial charge < -0.3 is 0 Å². The highest BCUT2D eigenvalue weighted by atomic mass is 15.2. The molecule has 1 heterocycles. The van der Waals surface area contributed by atoms with Gasteiger partial charge in [-0.2, -0.15) is 0 Å². The molecule has 18 heavy (non-hydrogen) atoms. The van der Waals surface area contributed by atoms with E-state index in [4.69, 9.17) is 5.84 Å². The quantitative estimate of drug-likeness (QED) is 0.632. The van der Waals surface area contributed by atoms with Crippen LogP contribution in [0.5, 0.6) is 0 Å². The molecule has 3 saturated carbocycles. The molecular weight excluding hydrogens is 222 g/mol. The van der Waals surface area contributed by atoms with Crippen LogP contribution in [0.1, 0.15) is 36.4 Å². The summed E-state index contributed by atoms with van der Waals surface area (Å²) in [4.78, 5) is 4.32. The van der Waals surface area contributed by atoms with E-state index in [9.17, 15) is 0 Å². The molecule has 3 N–H and O–H groups in total. The molecule has 0 radical (unpaired) electrons. The van der Waals surface area contributed by atoms with Gasteiger partial charge in [-0.15, -0.1) is 0 Å². The maximum Gasteiger partial charge on any atom is 0.0509 e. The van der Waals surface area contributed by atoms with Gasteiger partial charge in [0.15, 0.2) is 0 Å². The minimum Gasteiger partial charge on any atom is -0.271 e. The normalized spacial score (nSPS) is 41.8. The standard InChI is InChI=1S/C15H21N3/c1-8-4-11(7-17-6-8)15(18-16)14-12-9-2-3-10(5-9)13(12)14/h4,6-7,9-10,12-15,18H,2-3,5,16H2,1H3. The molecule has 0 amide bonds. The van der Waals surface area contributed by atoms with Crippen LogP contribution in [0.15, 0.2) is 18.5 Å². The summed E-state index contributed by atoms with van der Waals surface area (Å²) in [6, 6.07) is 2.55. The number of hydrogen-bond donors (Lipinski definition) is 2. The average Bonchev–Trinajstić information content (AvgIpc) is 2.80. The van der Waals surface area contributed by atoms with Crippen molar-refractivity contribution in [1.82, 2.24) is 10.4 Å². The fraction of sp³-hybridized carbons (Fsp3) is 0.667. The third kappa shape index (κ3) is 1.41. The fourth-order valence-electron chi connectivity index (χ4n) is 5.02. The van der Waals surface area contributed by atoms with Gasteiger partial charge in [-0.3, -0.25) is 16.3 Å². The molecule has 3 nitrogen and oxygen atoms in total. The van der Waals surface area contributed by atoms with Crippen LogP contribution < -0.4 is 11.3 Å². The van der Waals surface area contributed by atoms with Gasteiger partial charge in [0.05, 0.1) is 6.04 Å². The number of nitrogens with two attached hydrogens (primary N) is 1. The molecule has 96 valence electrons.